The van der Waals surface area contributed by atoms with Crippen LogP contribution in [0.5, 0.6) is 0 Å². The fourth-order valence-electron chi connectivity index (χ4n) is 1.06. The van der Waals surface area contributed by atoms with E-state index < -0.39 is 0 Å². The van der Waals surface area contributed by atoms with E-state index in [1.807, 2.05) is 30.3 Å². The van der Waals surface area contributed by atoms with Gasteiger partial charge < -0.3 is 4.52 Å². The molecule has 1 heterocycles. The molecule has 0 N–H and O–H groups in total. The molecule has 1 atom stereocenters. The number of halogens is 1. The summed E-state index contributed by atoms with van der Waals surface area (Å²) in [4.78, 5) is 3.88. The molecule has 0 saturated heterocycles. The van der Waals surface area contributed by atoms with Crippen molar-refractivity contribution in [3.8, 4) is 0 Å². The molecule has 0 aliphatic heterocycles. The third kappa shape index (κ3) is 1.70. The Morgan fingerprint density at radius 1 is 1.23 bits per heavy atom. The van der Waals surface area contributed by atoms with E-state index in [4.69, 9.17) is 16.1 Å². The Balaban J connectivity index is 2.29. The lowest BCUT2D eigenvalue weighted by Gasteiger charge is -2.02. The SMILES string of the molecule is ClC(c1ccccc1)c1ncno1. The minimum Gasteiger partial charge on any atom is -0.338 e. The van der Waals surface area contributed by atoms with Crippen molar-refractivity contribution in [2.24, 2.45) is 0 Å². The molecule has 0 spiro atoms. The number of benzene rings is 1. The van der Waals surface area contributed by atoms with Crippen LogP contribution in [-0.4, -0.2) is 10.1 Å². The maximum Gasteiger partial charge on any atom is 0.248 e. The first kappa shape index (κ1) is 8.26. The lowest BCUT2D eigenvalue weighted by atomic mass is 10.1. The van der Waals surface area contributed by atoms with Crippen LogP contribution in [-0.2, 0) is 0 Å². The molecule has 1 aromatic heterocycles. The third-order valence-electron chi connectivity index (χ3n) is 1.69. The van der Waals surface area contributed by atoms with E-state index in [-0.39, 0.29) is 5.38 Å². The van der Waals surface area contributed by atoms with Gasteiger partial charge >= 0.3 is 0 Å². The number of hydrogen-bond donors (Lipinski definition) is 0. The Labute approximate surface area is 80.3 Å². The van der Waals surface area contributed by atoms with E-state index >= 15 is 0 Å². The van der Waals surface area contributed by atoms with E-state index in [1.54, 1.807) is 0 Å². The molecule has 0 saturated carbocycles. The Morgan fingerprint density at radius 2 is 2.00 bits per heavy atom. The molecule has 4 heteroatoms. The predicted octanol–water partition coefficient (Wildman–Crippen LogP) is 2.40. The number of aromatic nitrogens is 2. The van der Waals surface area contributed by atoms with Gasteiger partial charge in [0.15, 0.2) is 6.33 Å². The zero-order chi connectivity index (χ0) is 9.10. The van der Waals surface area contributed by atoms with Crippen LogP contribution in [0.1, 0.15) is 16.8 Å². The molecule has 0 bridgehead atoms. The van der Waals surface area contributed by atoms with Crippen molar-refractivity contribution >= 4 is 11.6 Å². The van der Waals surface area contributed by atoms with Crippen LogP contribution in [0, 0.1) is 0 Å². The predicted molar refractivity (Wildman–Crippen MR) is 48.4 cm³/mol. The number of nitrogens with zero attached hydrogens (tertiary/aromatic N) is 2. The molecular formula is C9H7ClN2O. The minimum atomic E-state index is -0.358. The average molecular weight is 195 g/mol. The van der Waals surface area contributed by atoms with E-state index in [9.17, 15) is 0 Å². The first-order valence-electron chi connectivity index (χ1n) is 3.83. The molecule has 0 fully saturated rings. The molecule has 66 valence electrons. The summed E-state index contributed by atoms with van der Waals surface area (Å²) in [7, 11) is 0. The summed E-state index contributed by atoms with van der Waals surface area (Å²) in [6, 6.07) is 9.60. The van der Waals surface area contributed by atoms with Gasteiger partial charge in [-0.2, -0.15) is 4.98 Å². The van der Waals surface area contributed by atoms with Gasteiger partial charge in [0.05, 0.1) is 0 Å². The van der Waals surface area contributed by atoms with Crippen LogP contribution in [0.25, 0.3) is 0 Å². The fourth-order valence-corrected chi connectivity index (χ4v) is 1.30. The van der Waals surface area contributed by atoms with Crippen molar-refractivity contribution in [3.63, 3.8) is 0 Å². The number of alkyl halides is 1. The smallest absolute Gasteiger partial charge is 0.248 e. The summed E-state index contributed by atoms with van der Waals surface area (Å²) in [5.74, 6) is 0.424. The lowest BCUT2D eigenvalue weighted by molar-refractivity contribution is 0.381. The first-order valence-corrected chi connectivity index (χ1v) is 4.27. The highest BCUT2D eigenvalue weighted by Crippen LogP contribution is 2.25. The largest absolute Gasteiger partial charge is 0.338 e. The lowest BCUT2D eigenvalue weighted by Crippen LogP contribution is -1.92. The number of rotatable bonds is 2. The van der Waals surface area contributed by atoms with Gasteiger partial charge in [0.25, 0.3) is 0 Å². The maximum atomic E-state index is 6.08. The standard InChI is InChI=1S/C9H7ClN2O/c10-8(9-11-6-12-13-9)7-4-2-1-3-5-7/h1-6,8H. The highest BCUT2D eigenvalue weighted by atomic mass is 35.5. The molecule has 3 nitrogen and oxygen atoms in total. The highest BCUT2D eigenvalue weighted by Gasteiger charge is 2.14. The van der Waals surface area contributed by atoms with Gasteiger partial charge in [-0.3, -0.25) is 0 Å². The Bertz CT molecular complexity index is 360. The monoisotopic (exact) mass is 194 g/mol. The fraction of sp³-hybridized carbons (Fsp3) is 0.111. The van der Waals surface area contributed by atoms with Gasteiger partial charge in [-0.1, -0.05) is 35.5 Å². The number of hydrogen-bond acceptors (Lipinski definition) is 3. The van der Waals surface area contributed by atoms with E-state index in [0.717, 1.165) is 5.56 Å². The molecule has 0 amide bonds. The van der Waals surface area contributed by atoms with Crippen LogP contribution in [0.4, 0.5) is 0 Å². The Hall–Kier alpha value is -1.35. The molecule has 13 heavy (non-hydrogen) atoms. The van der Waals surface area contributed by atoms with Crippen LogP contribution in [0.3, 0.4) is 0 Å². The van der Waals surface area contributed by atoms with Crippen molar-refractivity contribution in [1.82, 2.24) is 10.1 Å². The third-order valence-corrected chi connectivity index (χ3v) is 2.13. The van der Waals surface area contributed by atoms with Crippen molar-refractivity contribution in [2.75, 3.05) is 0 Å². The van der Waals surface area contributed by atoms with Gasteiger partial charge in [0.2, 0.25) is 5.89 Å². The Kier molecular flexibility index (Phi) is 2.27. The summed E-state index contributed by atoms with van der Waals surface area (Å²) >= 11 is 6.08. The van der Waals surface area contributed by atoms with Crippen molar-refractivity contribution in [1.29, 1.82) is 0 Å². The van der Waals surface area contributed by atoms with Gasteiger partial charge in [-0.15, -0.1) is 11.6 Å². The normalized spacial score (nSPS) is 12.7. The summed E-state index contributed by atoms with van der Waals surface area (Å²) in [6.07, 6.45) is 1.34. The topological polar surface area (TPSA) is 38.9 Å². The van der Waals surface area contributed by atoms with Crippen molar-refractivity contribution in [2.45, 2.75) is 5.38 Å². The molecule has 0 aliphatic carbocycles. The molecule has 2 aromatic rings. The summed E-state index contributed by atoms with van der Waals surface area (Å²) in [5.41, 5.74) is 0.952. The van der Waals surface area contributed by atoms with Crippen LogP contribution >= 0.6 is 11.6 Å². The van der Waals surface area contributed by atoms with Crippen molar-refractivity contribution in [3.05, 3.63) is 48.1 Å². The van der Waals surface area contributed by atoms with Crippen LogP contribution in [0.15, 0.2) is 41.2 Å². The quantitative estimate of drug-likeness (QED) is 0.690. The first-order chi connectivity index (χ1) is 6.38. The molecule has 1 unspecified atom stereocenters. The zero-order valence-electron chi connectivity index (χ0n) is 6.72. The molecule has 2 rings (SSSR count). The van der Waals surface area contributed by atoms with Crippen LogP contribution < -0.4 is 0 Å². The summed E-state index contributed by atoms with van der Waals surface area (Å²) < 4.78 is 4.86. The second-order valence-corrected chi connectivity index (χ2v) is 2.99. The summed E-state index contributed by atoms with van der Waals surface area (Å²) in [6.45, 7) is 0. The molecular weight excluding hydrogens is 188 g/mol. The highest BCUT2D eigenvalue weighted by molar-refractivity contribution is 6.22. The van der Waals surface area contributed by atoms with E-state index in [1.165, 1.54) is 6.33 Å². The zero-order valence-corrected chi connectivity index (χ0v) is 7.48. The second kappa shape index (κ2) is 3.58. The molecule has 0 aliphatic rings. The molecule has 1 aromatic carbocycles. The van der Waals surface area contributed by atoms with Gasteiger partial charge in [0.1, 0.15) is 5.38 Å². The minimum absolute atomic E-state index is 0.358. The van der Waals surface area contributed by atoms with Gasteiger partial charge in [-0.05, 0) is 5.56 Å². The van der Waals surface area contributed by atoms with Crippen molar-refractivity contribution < 1.29 is 4.52 Å². The Morgan fingerprint density at radius 3 is 2.62 bits per heavy atom. The van der Waals surface area contributed by atoms with E-state index in [0.29, 0.717) is 5.89 Å². The van der Waals surface area contributed by atoms with E-state index in [2.05, 4.69) is 10.1 Å². The summed E-state index contributed by atoms with van der Waals surface area (Å²) in [5, 5.41) is 3.14. The van der Waals surface area contributed by atoms with Crippen LogP contribution in [0.2, 0.25) is 0 Å². The van der Waals surface area contributed by atoms with Gasteiger partial charge in [0, 0.05) is 0 Å². The molecule has 0 radical (unpaired) electrons. The second-order valence-electron chi connectivity index (χ2n) is 2.55. The van der Waals surface area contributed by atoms with Gasteiger partial charge in [-0.25, -0.2) is 0 Å². The average Bonchev–Trinajstić information content (AvgIpc) is 2.71. The maximum absolute atomic E-state index is 6.08.